The minimum absolute atomic E-state index is 0.0961. The van der Waals surface area contributed by atoms with Crippen molar-refractivity contribution in [3.8, 4) is 0 Å². The van der Waals surface area contributed by atoms with E-state index in [0.29, 0.717) is 25.3 Å². The summed E-state index contributed by atoms with van der Waals surface area (Å²) in [7, 11) is -3.06. The van der Waals surface area contributed by atoms with Gasteiger partial charge in [0.1, 0.15) is 22.6 Å². The zero-order valence-corrected chi connectivity index (χ0v) is 12.2. The van der Waals surface area contributed by atoms with Crippen LogP contribution in [0.4, 0.5) is 8.78 Å². The van der Waals surface area contributed by atoms with Gasteiger partial charge in [-0.15, -0.1) is 0 Å². The van der Waals surface area contributed by atoms with Gasteiger partial charge in [-0.2, -0.15) is 4.31 Å². The van der Waals surface area contributed by atoms with Gasteiger partial charge in [0.05, 0.1) is 7.11 Å². The van der Waals surface area contributed by atoms with E-state index in [9.17, 15) is 22.0 Å². The second-order valence-corrected chi connectivity index (χ2v) is 6.58. The normalized spacial score (nSPS) is 20.2. The van der Waals surface area contributed by atoms with Crippen LogP contribution in [0.3, 0.4) is 0 Å². The molecule has 0 bridgehead atoms. The maximum absolute atomic E-state index is 13.7. The van der Waals surface area contributed by atoms with E-state index < -0.39 is 38.6 Å². The molecule has 1 fully saturated rings. The number of rotatable bonds is 3. The molecule has 8 heteroatoms. The topological polar surface area (TPSA) is 63.7 Å². The first-order chi connectivity index (χ1) is 9.87. The van der Waals surface area contributed by atoms with Crippen molar-refractivity contribution < 1.29 is 26.7 Å². The molecule has 1 aromatic rings. The van der Waals surface area contributed by atoms with Gasteiger partial charge in [-0.05, 0) is 31.4 Å². The van der Waals surface area contributed by atoms with Crippen molar-refractivity contribution in [2.75, 3.05) is 13.7 Å². The number of carbonyl (C=O) groups is 1. The molecule has 1 aliphatic heterocycles. The SMILES string of the molecule is COC(=O)[C@@H]1CCCCN1S(=O)(=O)c1ccc(F)cc1F. The average molecular weight is 319 g/mol. The van der Waals surface area contributed by atoms with Crippen molar-refractivity contribution in [1.82, 2.24) is 4.31 Å². The Bertz CT molecular complexity index is 648. The van der Waals surface area contributed by atoms with E-state index in [-0.39, 0.29) is 6.54 Å². The third-order valence-corrected chi connectivity index (χ3v) is 5.35. The minimum atomic E-state index is -4.22. The number of methoxy groups -OCH3 is 1. The Morgan fingerprint density at radius 2 is 2.05 bits per heavy atom. The summed E-state index contributed by atoms with van der Waals surface area (Å²) in [6, 6.07) is 1.26. The lowest BCUT2D eigenvalue weighted by molar-refractivity contribution is -0.146. The number of hydrogen-bond acceptors (Lipinski definition) is 4. The number of hydrogen-bond donors (Lipinski definition) is 0. The fourth-order valence-electron chi connectivity index (χ4n) is 2.38. The van der Waals surface area contributed by atoms with E-state index in [1.165, 1.54) is 7.11 Å². The van der Waals surface area contributed by atoms with E-state index in [1.807, 2.05) is 0 Å². The standard InChI is InChI=1S/C13H15F2NO4S/c1-20-13(17)11-4-2-3-7-16(11)21(18,19)12-6-5-9(14)8-10(12)15/h5-6,8,11H,2-4,7H2,1H3/t11-/m0/s1. The van der Waals surface area contributed by atoms with E-state index in [2.05, 4.69) is 4.74 Å². The summed E-state index contributed by atoms with van der Waals surface area (Å²) < 4.78 is 57.2. The molecule has 1 aromatic carbocycles. The second-order valence-electron chi connectivity index (χ2n) is 4.73. The molecule has 0 aliphatic carbocycles. The number of piperidine rings is 1. The van der Waals surface area contributed by atoms with Crippen LogP contribution in [0.5, 0.6) is 0 Å². The maximum atomic E-state index is 13.7. The van der Waals surface area contributed by atoms with Gasteiger partial charge in [0.15, 0.2) is 0 Å². The molecule has 0 unspecified atom stereocenters. The molecule has 0 aromatic heterocycles. The number of halogens is 2. The summed E-state index contributed by atoms with van der Waals surface area (Å²) >= 11 is 0. The van der Waals surface area contributed by atoms with Crippen LogP contribution >= 0.6 is 0 Å². The monoisotopic (exact) mass is 319 g/mol. The Kier molecular flexibility index (Phi) is 4.58. The molecule has 1 aliphatic rings. The summed E-state index contributed by atoms with van der Waals surface area (Å²) in [4.78, 5) is 11.1. The minimum Gasteiger partial charge on any atom is -0.468 e. The third kappa shape index (κ3) is 3.06. The van der Waals surface area contributed by atoms with Crippen LogP contribution in [0.15, 0.2) is 23.1 Å². The molecular formula is C13H15F2NO4S. The highest BCUT2D eigenvalue weighted by Gasteiger charge is 2.39. The Hall–Kier alpha value is -1.54. The molecular weight excluding hydrogens is 304 g/mol. The number of nitrogens with zero attached hydrogens (tertiary/aromatic N) is 1. The fraction of sp³-hybridized carbons (Fsp3) is 0.462. The van der Waals surface area contributed by atoms with Gasteiger partial charge < -0.3 is 4.74 Å². The van der Waals surface area contributed by atoms with E-state index >= 15 is 0 Å². The Morgan fingerprint density at radius 1 is 1.33 bits per heavy atom. The number of carbonyl (C=O) groups excluding carboxylic acids is 1. The molecule has 0 radical (unpaired) electrons. The highest BCUT2D eigenvalue weighted by atomic mass is 32.2. The van der Waals surface area contributed by atoms with Crippen LogP contribution in [0.2, 0.25) is 0 Å². The molecule has 2 rings (SSSR count). The van der Waals surface area contributed by atoms with Crippen molar-refractivity contribution in [1.29, 1.82) is 0 Å². The van der Waals surface area contributed by atoms with Gasteiger partial charge in [0.25, 0.3) is 0 Å². The fourth-order valence-corrected chi connectivity index (χ4v) is 4.07. The molecule has 0 saturated carbocycles. The van der Waals surface area contributed by atoms with Crippen LogP contribution in [0.1, 0.15) is 19.3 Å². The van der Waals surface area contributed by atoms with Crippen molar-refractivity contribution in [3.63, 3.8) is 0 Å². The molecule has 116 valence electrons. The van der Waals surface area contributed by atoms with Gasteiger partial charge in [-0.25, -0.2) is 17.2 Å². The highest BCUT2D eigenvalue weighted by molar-refractivity contribution is 7.89. The molecule has 1 atom stereocenters. The highest BCUT2D eigenvalue weighted by Crippen LogP contribution is 2.27. The van der Waals surface area contributed by atoms with E-state index in [4.69, 9.17) is 0 Å². The summed E-state index contributed by atoms with van der Waals surface area (Å²) in [5.41, 5.74) is 0. The summed E-state index contributed by atoms with van der Waals surface area (Å²) in [5.74, 6) is -2.72. The van der Waals surface area contributed by atoms with E-state index in [1.54, 1.807) is 0 Å². The number of sulfonamides is 1. The maximum Gasteiger partial charge on any atom is 0.324 e. The van der Waals surface area contributed by atoms with Crippen molar-refractivity contribution in [3.05, 3.63) is 29.8 Å². The van der Waals surface area contributed by atoms with Crippen molar-refractivity contribution in [2.24, 2.45) is 0 Å². The predicted molar refractivity (Wildman–Crippen MR) is 69.9 cm³/mol. The Morgan fingerprint density at radius 3 is 2.67 bits per heavy atom. The Balaban J connectivity index is 2.43. The van der Waals surface area contributed by atoms with Crippen LogP contribution in [0.25, 0.3) is 0 Å². The number of esters is 1. The zero-order valence-electron chi connectivity index (χ0n) is 11.4. The van der Waals surface area contributed by atoms with Gasteiger partial charge >= 0.3 is 5.97 Å². The molecule has 0 amide bonds. The summed E-state index contributed by atoms with van der Waals surface area (Å²) in [5, 5.41) is 0. The quantitative estimate of drug-likeness (QED) is 0.795. The third-order valence-electron chi connectivity index (χ3n) is 3.41. The zero-order chi connectivity index (χ0) is 15.6. The van der Waals surface area contributed by atoms with Crippen molar-refractivity contribution in [2.45, 2.75) is 30.2 Å². The summed E-state index contributed by atoms with van der Waals surface area (Å²) in [6.45, 7) is 0.0961. The number of ether oxygens (including phenoxy) is 1. The first kappa shape index (κ1) is 15.8. The molecule has 21 heavy (non-hydrogen) atoms. The van der Waals surface area contributed by atoms with Crippen LogP contribution in [-0.2, 0) is 19.6 Å². The summed E-state index contributed by atoms with van der Waals surface area (Å²) in [6.07, 6.45) is 1.56. The first-order valence-electron chi connectivity index (χ1n) is 6.42. The first-order valence-corrected chi connectivity index (χ1v) is 7.86. The van der Waals surface area contributed by atoms with Gasteiger partial charge in [0.2, 0.25) is 10.0 Å². The molecule has 1 saturated heterocycles. The number of benzene rings is 1. The van der Waals surface area contributed by atoms with Gasteiger partial charge in [-0.3, -0.25) is 4.79 Å². The molecule has 0 spiro atoms. The van der Waals surface area contributed by atoms with Crippen molar-refractivity contribution >= 4 is 16.0 Å². The van der Waals surface area contributed by atoms with Crippen LogP contribution < -0.4 is 0 Å². The Labute approximate surface area is 121 Å². The predicted octanol–water partition coefficient (Wildman–Crippen LogP) is 1.68. The van der Waals surface area contributed by atoms with Gasteiger partial charge in [0, 0.05) is 12.6 Å². The lowest BCUT2D eigenvalue weighted by Crippen LogP contribution is -2.48. The van der Waals surface area contributed by atoms with E-state index in [0.717, 1.165) is 16.4 Å². The molecule has 0 N–H and O–H groups in total. The smallest absolute Gasteiger partial charge is 0.324 e. The van der Waals surface area contributed by atoms with Gasteiger partial charge in [-0.1, -0.05) is 0 Å². The van der Waals surface area contributed by atoms with Crippen LogP contribution in [-0.4, -0.2) is 38.4 Å². The molecule has 5 nitrogen and oxygen atoms in total. The largest absolute Gasteiger partial charge is 0.468 e. The lowest BCUT2D eigenvalue weighted by Gasteiger charge is -2.32. The van der Waals surface area contributed by atoms with Crippen LogP contribution in [0, 0.1) is 11.6 Å². The molecule has 1 heterocycles. The average Bonchev–Trinajstić information content (AvgIpc) is 2.46. The lowest BCUT2D eigenvalue weighted by atomic mass is 10.1. The second kappa shape index (κ2) is 6.07.